The summed E-state index contributed by atoms with van der Waals surface area (Å²) in [6.45, 7) is 39.3. The van der Waals surface area contributed by atoms with Gasteiger partial charge in [-0.3, -0.25) is 4.90 Å². The second kappa shape index (κ2) is 13.3. The molecule has 0 N–H and O–H groups in total. The Kier molecular flexibility index (Phi) is 8.79. The zero-order valence-corrected chi connectivity index (χ0v) is 42.4. The zero-order valence-electron chi connectivity index (χ0n) is 42.4. The fourth-order valence-electron chi connectivity index (χ4n) is 13.9. The summed E-state index contributed by atoms with van der Waals surface area (Å²) in [7, 11) is 0. The molecule has 3 heterocycles. The Morgan fingerprint density at radius 2 is 1.02 bits per heavy atom. The van der Waals surface area contributed by atoms with Crippen molar-refractivity contribution in [2.45, 2.75) is 206 Å². The molecule has 0 radical (unpaired) electrons. The van der Waals surface area contributed by atoms with E-state index in [0.717, 1.165) is 18.7 Å². The zero-order chi connectivity index (χ0) is 45.6. The molecule has 1 aromatic heterocycles. The molecule has 334 valence electrons. The van der Waals surface area contributed by atoms with Crippen LogP contribution in [-0.2, 0) is 32.5 Å². The topological polar surface area (TPSA) is 19.6 Å². The van der Waals surface area contributed by atoms with Crippen molar-refractivity contribution in [2.24, 2.45) is 0 Å². The minimum absolute atomic E-state index is 0.0415. The Hall–Kier alpha value is -4.18. The summed E-state index contributed by atoms with van der Waals surface area (Å²) >= 11 is 0. The molecule has 4 aliphatic carbocycles. The standard InChI is InChI=1S/C60H75BN2O/c1-34-27-48-51-49(28-34)63(46-33-44-42(29-37(46)4)56(7,8)23-24-58(44,11)12)54-52(50-53(64-54)60(15,16)26-25-59(50,13)14)61(51)45-31-39-35(2)17-18-36(3)40(39)32-47(45)62(48)38-19-20-41-43(30-38)57(9,10)22-21-55(41,5)6/h19-20,27-33,35-36H,17-18,21-26H2,1-16H3. The molecule has 11 rings (SSSR count). The minimum Gasteiger partial charge on any atom is -0.444 e. The van der Waals surface area contributed by atoms with Gasteiger partial charge in [0.2, 0.25) is 0 Å². The molecule has 2 aliphatic heterocycles. The summed E-state index contributed by atoms with van der Waals surface area (Å²) in [4.78, 5) is 5.35. The van der Waals surface area contributed by atoms with Crippen molar-refractivity contribution in [3.8, 4) is 0 Å². The van der Waals surface area contributed by atoms with E-state index in [9.17, 15) is 0 Å². The van der Waals surface area contributed by atoms with Crippen LogP contribution in [0.3, 0.4) is 0 Å². The quantitative estimate of drug-likeness (QED) is 0.162. The second-order valence-corrected chi connectivity index (χ2v) is 26.0. The van der Waals surface area contributed by atoms with E-state index in [0.29, 0.717) is 11.8 Å². The van der Waals surface area contributed by atoms with Gasteiger partial charge in [0.05, 0.1) is 5.69 Å². The Labute approximate surface area is 386 Å². The molecule has 0 saturated heterocycles. The first-order valence-electron chi connectivity index (χ1n) is 25.2. The van der Waals surface area contributed by atoms with E-state index in [1.165, 1.54) is 128 Å². The number of hydrogen-bond donors (Lipinski definition) is 0. The van der Waals surface area contributed by atoms with Crippen LogP contribution >= 0.6 is 0 Å². The van der Waals surface area contributed by atoms with Gasteiger partial charge < -0.3 is 9.32 Å². The fourth-order valence-corrected chi connectivity index (χ4v) is 13.9. The third-order valence-corrected chi connectivity index (χ3v) is 18.5. The van der Waals surface area contributed by atoms with Gasteiger partial charge in [0, 0.05) is 28.2 Å². The molecule has 3 nitrogen and oxygen atoms in total. The minimum atomic E-state index is -0.0806. The Balaban J connectivity index is 1.27. The number of fused-ring (bicyclic) bond motifs is 9. The van der Waals surface area contributed by atoms with E-state index in [2.05, 4.69) is 175 Å². The van der Waals surface area contributed by atoms with Crippen molar-refractivity contribution in [1.29, 1.82) is 0 Å². The summed E-state index contributed by atoms with van der Waals surface area (Å²) in [5.74, 6) is 3.30. The number of nitrogens with zero attached hydrogens (tertiary/aromatic N) is 2. The Bertz CT molecular complexity index is 2820. The maximum absolute atomic E-state index is 7.73. The van der Waals surface area contributed by atoms with Crippen LogP contribution < -0.4 is 26.2 Å². The molecule has 0 spiro atoms. The molecule has 0 bridgehead atoms. The maximum Gasteiger partial charge on any atom is 0.256 e. The lowest BCUT2D eigenvalue weighted by atomic mass is 9.32. The lowest BCUT2D eigenvalue weighted by molar-refractivity contribution is 0.280. The molecule has 4 heteroatoms. The van der Waals surface area contributed by atoms with Crippen molar-refractivity contribution < 1.29 is 4.42 Å². The van der Waals surface area contributed by atoms with Gasteiger partial charge in [-0.1, -0.05) is 115 Å². The smallest absolute Gasteiger partial charge is 0.256 e. The van der Waals surface area contributed by atoms with Gasteiger partial charge in [0.1, 0.15) is 5.76 Å². The van der Waals surface area contributed by atoms with Gasteiger partial charge in [0.15, 0.2) is 5.88 Å². The first-order valence-corrected chi connectivity index (χ1v) is 25.2. The first-order chi connectivity index (χ1) is 29.8. The molecular formula is C60H75BN2O. The van der Waals surface area contributed by atoms with Gasteiger partial charge in [-0.2, -0.15) is 0 Å². The van der Waals surface area contributed by atoms with Crippen molar-refractivity contribution in [2.75, 3.05) is 9.80 Å². The van der Waals surface area contributed by atoms with E-state index in [-0.39, 0.29) is 39.2 Å². The molecule has 4 aromatic carbocycles. The summed E-state index contributed by atoms with van der Waals surface area (Å²) < 4.78 is 7.73. The third-order valence-electron chi connectivity index (χ3n) is 18.5. The van der Waals surface area contributed by atoms with E-state index in [1.54, 1.807) is 11.1 Å². The number of aryl methyl sites for hydroxylation is 2. The van der Waals surface area contributed by atoms with Gasteiger partial charge in [0.25, 0.3) is 6.71 Å². The average Bonchev–Trinajstić information content (AvgIpc) is 3.64. The molecule has 64 heavy (non-hydrogen) atoms. The van der Waals surface area contributed by atoms with E-state index >= 15 is 0 Å². The molecule has 2 unspecified atom stereocenters. The molecule has 5 aromatic rings. The number of rotatable bonds is 2. The number of furan rings is 1. The van der Waals surface area contributed by atoms with Crippen LogP contribution in [0.2, 0.25) is 0 Å². The molecule has 2 atom stereocenters. The SMILES string of the molecule is Cc1cc2c3c(c1)N(c1cc4c(cc1C)C(C)(C)CCC4(C)C)c1oc4c(c1B3c1cc3c(cc1N2c1ccc2c(c1)C(C)(C)CCC2(C)C)C(C)CCC3C)C(C)(C)CCC4(C)C. The Morgan fingerprint density at radius 3 is 1.64 bits per heavy atom. The molecule has 0 amide bonds. The van der Waals surface area contributed by atoms with Crippen molar-refractivity contribution >= 4 is 57.4 Å². The van der Waals surface area contributed by atoms with Crippen molar-refractivity contribution in [1.82, 2.24) is 0 Å². The first kappa shape index (κ1) is 42.5. The maximum atomic E-state index is 7.73. The highest BCUT2D eigenvalue weighted by atomic mass is 16.4. The van der Waals surface area contributed by atoms with Crippen LogP contribution in [0.1, 0.15) is 216 Å². The third kappa shape index (κ3) is 5.84. The Morgan fingerprint density at radius 1 is 0.500 bits per heavy atom. The average molecular weight is 851 g/mol. The van der Waals surface area contributed by atoms with Crippen LogP contribution in [-0.4, -0.2) is 6.71 Å². The highest BCUT2D eigenvalue weighted by Crippen LogP contribution is 2.56. The van der Waals surface area contributed by atoms with Crippen molar-refractivity contribution in [3.63, 3.8) is 0 Å². The molecular weight excluding hydrogens is 775 g/mol. The fraction of sp³-hybridized carbons (Fsp3) is 0.533. The van der Waals surface area contributed by atoms with E-state index < -0.39 is 0 Å². The highest BCUT2D eigenvalue weighted by Gasteiger charge is 2.53. The van der Waals surface area contributed by atoms with Crippen molar-refractivity contribution in [3.05, 3.63) is 110 Å². The van der Waals surface area contributed by atoms with Gasteiger partial charge in [-0.25, -0.2) is 0 Å². The molecule has 6 aliphatic rings. The number of hydrogen-bond acceptors (Lipinski definition) is 3. The number of anilines is 6. The predicted octanol–water partition coefficient (Wildman–Crippen LogP) is 15.0. The van der Waals surface area contributed by atoms with Crippen LogP contribution in [0.5, 0.6) is 0 Å². The van der Waals surface area contributed by atoms with E-state index in [1.807, 2.05) is 0 Å². The molecule has 0 fully saturated rings. The molecule has 0 saturated carbocycles. The number of benzene rings is 4. The van der Waals surface area contributed by atoms with E-state index in [4.69, 9.17) is 4.42 Å². The van der Waals surface area contributed by atoms with Gasteiger partial charge in [-0.15, -0.1) is 0 Å². The van der Waals surface area contributed by atoms with Crippen LogP contribution in [0.15, 0.2) is 59.0 Å². The normalized spacial score (nSPS) is 24.4. The van der Waals surface area contributed by atoms with Crippen LogP contribution in [0.4, 0.5) is 34.3 Å². The predicted molar refractivity (Wildman–Crippen MR) is 274 cm³/mol. The summed E-state index contributed by atoms with van der Waals surface area (Å²) in [6, 6.07) is 23.1. The largest absolute Gasteiger partial charge is 0.444 e. The lowest BCUT2D eigenvalue weighted by Gasteiger charge is -2.47. The van der Waals surface area contributed by atoms with Crippen LogP contribution in [0.25, 0.3) is 0 Å². The summed E-state index contributed by atoms with van der Waals surface area (Å²) in [5.41, 5.74) is 24.3. The highest BCUT2D eigenvalue weighted by molar-refractivity contribution is 7.00. The monoisotopic (exact) mass is 851 g/mol. The lowest BCUT2D eigenvalue weighted by Crippen LogP contribution is -2.63. The van der Waals surface area contributed by atoms with Crippen LogP contribution in [0, 0.1) is 13.8 Å². The summed E-state index contributed by atoms with van der Waals surface area (Å²) in [5, 5.41) is 0. The second-order valence-electron chi connectivity index (χ2n) is 26.0. The van der Waals surface area contributed by atoms with Gasteiger partial charge in [-0.05, 0) is 207 Å². The summed E-state index contributed by atoms with van der Waals surface area (Å²) in [6.07, 6.45) is 9.53. The van der Waals surface area contributed by atoms with Gasteiger partial charge >= 0.3 is 0 Å².